The minimum absolute atomic E-state index is 0.0130. The Hall–Kier alpha value is -1.85. The third-order valence-corrected chi connectivity index (χ3v) is 2.44. The maximum Gasteiger partial charge on any atom is 0.335 e. The van der Waals surface area contributed by atoms with Crippen LogP contribution in [-0.4, -0.2) is 38.2 Å². The van der Waals surface area contributed by atoms with Crippen LogP contribution >= 0.6 is 0 Å². The Balaban J connectivity index is 5.45. The Labute approximate surface area is 119 Å². The zero-order chi connectivity index (χ0) is 15.5. The normalized spacial score (nSPS) is 11.4. The molecule has 0 spiro atoms. The Morgan fingerprint density at radius 2 is 1.45 bits per heavy atom. The van der Waals surface area contributed by atoms with E-state index in [1.54, 1.807) is 13.8 Å². The second-order valence-electron chi connectivity index (χ2n) is 3.90. The second kappa shape index (κ2) is 10.00. The lowest BCUT2D eigenvalue weighted by atomic mass is 10.0. The van der Waals surface area contributed by atoms with Crippen molar-refractivity contribution in [2.75, 3.05) is 20.3 Å². The number of hydrogen-bond donors (Lipinski definition) is 0. The van der Waals surface area contributed by atoms with Gasteiger partial charge in [0.05, 0.1) is 32.3 Å². The molecule has 0 aromatic heterocycles. The van der Waals surface area contributed by atoms with Crippen LogP contribution in [0.2, 0.25) is 0 Å². The first kappa shape index (κ1) is 18.1. The fourth-order valence-electron chi connectivity index (χ4n) is 1.63. The molecule has 0 aromatic rings. The van der Waals surface area contributed by atoms with E-state index in [0.29, 0.717) is 12.8 Å². The van der Waals surface area contributed by atoms with Crippen molar-refractivity contribution in [3.63, 3.8) is 0 Å². The van der Waals surface area contributed by atoms with Crippen molar-refractivity contribution in [2.24, 2.45) is 0 Å². The summed E-state index contributed by atoms with van der Waals surface area (Å²) in [4.78, 5) is 35.2. The topological polar surface area (TPSA) is 78.9 Å². The molecular formula is C14H22O6. The van der Waals surface area contributed by atoms with Crippen molar-refractivity contribution < 1.29 is 28.6 Å². The summed E-state index contributed by atoms with van der Waals surface area (Å²) in [6, 6.07) is 0. The van der Waals surface area contributed by atoms with E-state index in [1.165, 1.54) is 7.11 Å². The van der Waals surface area contributed by atoms with Crippen LogP contribution in [0.3, 0.4) is 0 Å². The number of esters is 3. The quantitative estimate of drug-likeness (QED) is 0.384. The SMILES string of the molecule is CCC/C(C(=O)OC)=C(/CC(=O)OCC)C(=O)OCC. The molecule has 0 unspecified atom stereocenters. The van der Waals surface area contributed by atoms with Crippen LogP contribution in [0.25, 0.3) is 0 Å². The molecule has 6 nitrogen and oxygen atoms in total. The van der Waals surface area contributed by atoms with Gasteiger partial charge < -0.3 is 14.2 Å². The summed E-state index contributed by atoms with van der Waals surface area (Å²) < 4.78 is 14.4. The van der Waals surface area contributed by atoms with Crippen LogP contribution in [0.1, 0.15) is 40.0 Å². The fourth-order valence-corrected chi connectivity index (χ4v) is 1.63. The van der Waals surface area contributed by atoms with Gasteiger partial charge in [-0.3, -0.25) is 4.79 Å². The largest absolute Gasteiger partial charge is 0.466 e. The highest BCUT2D eigenvalue weighted by atomic mass is 16.5. The molecule has 0 aliphatic heterocycles. The smallest absolute Gasteiger partial charge is 0.335 e. The number of hydrogen-bond acceptors (Lipinski definition) is 6. The molecule has 0 amide bonds. The minimum atomic E-state index is -0.686. The van der Waals surface area contributed by atoms with Crippen molar-refractivity contribution >= 4 is 17.9 Å². The highest BCUT2D eigenvalue weighted by Crippen LogP contribution is 2.18. The molecule has 114 valence electrons. The Kier molecular flexibility index (Phi) is 9.07. The summed E-state index contributed by atoms with van der Waals surface area (Å²) in [5.41, 5.74) is 0.181. The molecule has 0 fully saturated rings. The summed E-state index contributed by atoms with van der Waals surface area (Å²) in [6.45, 7) is 5.54. The third kappa shape index (κ3) is 5.86. The Morgan fingerprint density at radius 1 is 0.850 bits per heavy atom. The fraction of sp³-hybridized carbons (Fsp3) is 0.643. The van der Waals surface area contributed by atoms with Gasteiger partial charge in [-0.05, 0) is 20.3 Å². The molecule has 0 heterocycles. The van der Waals surface area contributed by atoms with Gasteiger partial charge in [0.2, 0.25) is 0 Å². The van der Waals surface area contributed by atoms with Gasteiger partial charge in [0.15, 0.2) is 0 Å². The Morgan fingerprint density at radius 3 is 1.90 bits per heavy atom. The van der Waals surface area contributed by atoms with Gasteiger partial charge in [0.25, 0.3) is 0 Å². The van der Waals surface area contributed by atoms with Crippen LogP contribution in [0, 0.1) is 0 Å². The summed E-state index contributed by atoms with van der Waals surface area (Å²) in [7, 11) is 1.23. The average Bonchev–Trinajstić information content (AvgIpc) is 2.42. The highest BCUT2D eigenvalue weighted by molar-refractivity contribution is 6.03. The molecule has 0 saturated carbocycles. The van der Waals surface area contributed by atoms with Gasteiger partial charge in [0.1, 0.15) is 0 Å². The summed E-state index contributed by atoms with van der Waals surface area (Å²) in [5, 5.41) is 0. The van der Waals surface area contributed by atoms with Crippen molar-refractivity contribution in [3.8, 4) is 0 Å². The zero-order valence-electron chi connectivity index (χ0n) is 12.5. The van der Waals surface area contributed by atoms with Crippen LogP contribution in [0.5, 0.6) is 0 Å². The van der Waals surface area contributed by atoms with Crippen molar-refractivity contribution in [1.82, 2.24) is 0 Å². The van der Waals surface area contributed by atoms with E-state index >= 15 is 0 Å². The van der Waals surface area contributed by atoms with E-state index in [1.807, 2.05) is 6.92 Å². The molecule has 0 atom stereocenters. The second-order valence-corrected chi connectivity index (χ2v) is 3.90. The molecule has 0 aromatic carbocycles. The number of ether oxygens (including phenoxy) is 3. The van der Waals surface area contributed by atoms with Gasteiger partial charge in [-0.2, -0.15) is 0 Å². The van der Waals surface area contributed by atoms with Crippen LogP contribution in [0.4, 0.5) is 0 Å². The van der Waals surface area contributed by atoms with Crippen LogP contribution in [0.15, 0.2) is 11.1 Å². The molecule has 0 N–H and O–H groups in total. The number of methoxy groups -OCH3 is 1. The van der Waals surface area contributed by atoms with Crippen molar-refractivity contribution in [2.45, 2.75) is 40.0 Å². The number of rotatable bonds is 8. The molecule has 0 rings (SSSR count). The van der Waals surface area contributed by atoms with Gasteiger partial charge in [-0.15, -0.1) is 0 Å². The lowest BCUT2D eigenvalue weighted by molar-refractivity contribution is -0.146. The minimum Gasteiger partial charge on any atom is -0.466 e. The van der Waals surface area contributed by atoms with Gasteiger partial charge in [-0.25, -0.2) is 9.59 Å². The first-order chi connectivity index (χ1) is 9.51. The highest BCUT2D eigenvalue weighted by Gasteiger charge is 2.24. The van der Waals surface area contributed by atoms with Gasteiger partial charge in [-0.1, -0.05) is 13.3 Å². The number of carbonyl (C=O) groups excluding carboxylic acids is 3. The zero-order valence-corrected chi connectivity index (χ0v) is 12.5. The van der Waals surface area contributed by atoms with Crippen molar-refractivity contribution in [1.29, 1.82) is 0 Å². The first-order valence-electron chi connectivity index (χ1n) is 6.64. The molecule has 0 aliphatic rings. The molecule has 0 bridgehead atoms. The maximum atomic E-state index is 11.9. The monoisotopic (exact) mass is 286 g/mol. The van der Waals surface area contributed by atoms with E-state index in [4.69, 9.17) is 9.47 Å². The van der Waals surface area contributed by atoms with Gasteiger partial charge >= 0.3 is 17.9 Å². The summed E-state index contributed by atoms with van der Waals surface area (Å²) >= 11 is 0. The molecule has 0 saturated heterocycles. The third-order valence-electron chi connectivity index (χ3n) is 2.44. The lowest BCUT2D eigenvalue weighted by Crippen LogP contribution is -2.19. The average molecular weight is 286 g/mol. The van der Waals surface area contributed by atoms with E-state index in [2.05, 4.69) is 4.74 Å². The molecule has 0 radical (unpaired) electrons. The predicted octanol–water partition coefficient (Wildman–Crippen LogP) is 1.77. The first-order valence-corrected chi connectivity index (χ1v) is 6.64. The maximum absolute atomic E-state index is 11.9. The van der Waals surface area contributed by atoms with Crippen LogP contribution in [-0.2, 0) is 28.6 Å². The lowest BCUT2D eigenvalue weighted by Gasteiger charge is -2.12. The summed E-state index contributed by atoms with van der Waals surface area (Å²) in [6.07, 6.45) is 0.674. The standard InChI is InChI=1S/C14H22O6/c1-5-8-10(13(16)18-4)11(14(17)20-7-3)9-12(15)19-6-2/h5-9H2,1-4H3/b11-10+. The molecular weight excluding hydrogens is 264 g/mol. The summed E-state index contributed by atoms with van der Waals surface area (Å²) in [5.74, 6) is -1.89. The van der Waals surface area contributed by atoms with E-state index in [0.717, 1.165) is 0 Å². The van der Waals surface area contributed by atoms with E-state index in [-0.39, 0.29) is 30.8 Å². The predicted molar refractivity (Wildman–Crippen MR) is 71.8 cm³/mol. The molecule has 6 heteroatoms. The number of carbonyl (C=O) groups is 3. The molecule has 20 heavy (non-hydrogen) atoms. The Bertz CT molecular complexity index is 383. The van der Waals surface area contributed by atoms with Gasteiger partial charge in [0, 0.05) is 5.57 Å². The van der Waals surface area contributed by atoms with E-state index in [9.17, 15) is 14.4 Å². The van der Waals surface area contributed by atoms with Crippen LogP contribution < -0.4 is 0 Å². The molecule has 0 aliphatic carbocycles. The van der Waals surface area contributed by atoms with Crippen molar-refractivity contribution in [3.05, 3.63) is 11.1 Å². The van der Waals surface area contributed by atoms with E-state index < -0.39 is 17.9 Å².